The van der Waals surface area contributed by atoms with Crippen LogP contribution in [-0.2, 0) is 14.8 Å². The van der Waals surface area contributed by atoms with Crippen LogP contribution in [0.15, 0.2) is 21.8 Å². The van der Waals surface area contributed by atoms with Gasteiger partial charge in [-0.3, -0.25) is 4.79 Å². The summed E-state index contributed by atoms with van der Waals surface area (Å²) in [6, 6.07) is 0.0122. The van der Waals surface area contributed by atoms with Gasteiger partial charge in [0.2, 0.25) is 5.09 Å². The maximum absolute atomic E-state index is 11.8. The van der Waals surface area contributed by atoms with Crippen LogP contribution in [0.25, 0.3) is 0 Å². The molecular weight excluding hydrogens is 288 g/mol. The van der Waals surface area contributed by atoms with Crippen LogP contribution in [0.4, 0.5) is 0 Å². The second-order valence-corrected chi connectivity index (χ2v) is 5.83. The number of sulfonamides is 1. The van der Waals surface area contributed by atoms with Crippen molar-refractivity contribution < 1.29 is 27.5 Å². The fourth-order valence-electron chi connectivity index (χ4n) is 1.46. The SMILES string of the molecule is CCCC(NC(=O)c1coc(S(=O)(=O)NC)c1)C(=O)O. The number of aliphatic carboxylic acids is 1. The number of carbonyl (C=O) groups is 2. The van der Waals surface area contributed by atoms with E-state index in [0.29, 0.717) is 6.42 Å². The van der Waals surface area contributed by atoms with Crippen LogP contribution in [0, 0.1) is 0 Å². The normalized spacial score (nSPS) is 12.9. The van der Waals surface area contributed by atoms with Crippen LogP contribution in [-0.4, -0.2) is 38.5 Å². The highest BCUT2D eigenvalue weighted by molar-refractivity contribution is 7.89. The molecule has 0 bridgehead atoms. The molecular formula is C11H16N2O6S. The minimum Gasteiger partial charge on any atom is -0.480 e. The van der Waals surface area contributed by atoms with Crippen molar-refractivity contribution in [2.45, 2.75) is 30.9 Å². The van der Waals surface area contributed by atoms with E-state index in [2.05, 4.69) is 5.32 Å². The summed E-state index contributed by atoms with van der Waals surface area (Å²) in [5, 5.41) is 10.8. The molecule has 112 valence electrons. The summed E-state index contributed by atoms with van der Waals surface area (Å²) in [7, 11) is -2.57. The molecule has 0 aliphatic rings. The number of amides is 1. The third-order valence-electron chi connectivity index (χ3n) is 2.55. The lowest BCUT2D eigenvalue weighted by Crippen LogP contribution is -2.40. The van der Waals surface area contributed by atoms with E-state index in [1.54, 1.807) is 6.92 Å². The minimum atomic E-state index is -3.78. The summed E-state index contributed by atoms with van der Waals surface area (Å²) in [6.07, 6.45) is 1.83. The molecule has 0 aliphatic heterocycles. The van der Waals surface area contributed by atoms with Crippen molar-refractivity contribution in [3.8, 4) is 0 Å². The van der Waals surface area contributed by atoms with Crippen molar-refractivity contribution in [2.75, 3.05) is 7.05 Å². The molecule has 0 fully saturated rings. The van der Waals surface area contributed by atoms with E-state index in [9.17, 15) is 18.0 Å². The van der Waals surface area contributed by atoms with Gasteiger partial charge in [-0.2, -0.15) is 0 Å². The van der Waals surface area contributed by atoms with Gasteiger partial charge < -0.3 is 14.8 Å². The Kier molecular flexibility index (Phi) is 5.28. The number of hydrogen-bond donors (Lipinski definition) is 3. The highest BCUT2D eigenvalue weighted by Crippen LogP contribution is 2.13. The van der Waals surface area contributed by atoms with Gasteiger partial charge in [-0.05, 0) is 13.5 Å². The molecule has 1 atom stereocenters. The topological polar surface area (TPSA) is 126 Å². The van der Waals surface area contributed by atoms with Crippen LogP contribution < -0.4 is 10.0 Å². The summed E-state index contributed by atoms with van der Waals surface area (Å²) in [5.41, 5.74) is -0.0545. The van der Waals surface area contributed by atoms with Crippen molar-refractivity contribution in [3.63, 3.8) is 0 Å². The van der Waals surface area contributed by atoms with Crippen molar-refractivity contribution >= 4 is 21.9 Å². The van der Waals surface area contributed by atoms with Crippen LogP contribution in [0.3, 0.4) is 0 Å². The molecule has 0 aliphatic carbocycles. The minimum absolute atomic E-state index is 0.0545. The summed E-state index contributed by atoms with van der Waals surface area (Å²) in [6.45, 7) is 1.79. The summed E-state index contributed by atoms with van der Waals surface area (Å²) >= 11 is 0. The first-order chi connectivity index (χ1) is 9.31. The molecule has 0 spiro atoms. The zero-order valence-electron chi connectivity index (χ0n) is 11.0. The lowest BCUT2D eigenvalue weighted by atomic mass is 10.1. The van der Waals surface area contributed by atoms with E-state index in [0.717, 1.165) is 12.3 Å². The van der Waals surface area contributed by atoms with E-state index < -0.39 is 33.0 Å². The predicted molar refractivity (Wildman–Crippen MR) is 68.8 cm³/mol. The first-order valence-corrected chi connectivity index (χ1v) is 7.36. The van der Waals surface area contributed by atoms with E-state index in [-0.39, 0.29) is 12.0 Å². The van der Waals surface area contributed by atoms with Gasteiger partial charge in [0.1, 0.15) is 12.3 Å². The number of furan rings is 1. The molecule has 1 aromatic heterocycles. The van der Waals surface area contributed by atoms with Crippen LogP contribution in [0.1, 0.15) is 30.1 Å². The Morgan fingerprint density at radius 3 is 2.60 bits per heavy atom. The lowest BCUT2D eigenvalue weighted by Gasteiger charge is -2.12. The quantitative estimate of drug-likeness (QED) is 0.659. The molecule has 1 amide bonds. The average molecular weight is 304 g/mol. The maximum Gasteiger partial charge on any atom is 0.326 e. The number of carboxylic acids is 1. The Hall–Kier alpha value is -1.87. The van der Waals surface area contributed by atoms with Crippen LogP contribution in [0.2, 0.25) is 0 Å². The molecule has 20 heavy (non-hydrogen) atoms. The van der Waals surface area contributed by atoms with Gasteiger partial charge in [0.25, 0.3) is 15.9 Å². The molecule has 0 saturated carbocycles. The van der Waals surface area contributed by atoms with Gasteiger partial charge >= 0.3 is 5.97 Å². The Morgan fingerprint density at radius 1 is 1.45 bits per heavy atom. The number of carbonyl (C=O) groups excluding carboxylic acids is 1. The largest absolute Gasteiger partial charge is 0.480 e. The second kappa shape index (κ2) is 6.53. The molecule has 1 aromatic rings. The van der Waals surface area contributed by atoms with Crippen LogP contribution in [0.5, 0.6) is 0 Å². The van der Waals surface area contributed by atoms with Gasteiger partial charge in [-0.25, -0.2) is 17.9 Å². The number of hydrogen-bond acceptors (Lipinski definition) is 5. The van der Waals surface area contributed by atoms with E-state index in [1.807, 2.05) is 4.72 Å². The smallest absolute Gasteiger partial charge is 0.326 e. The van der Waals surface area contributed by atoms with E-state index in [1.165, 1.54) is 7.05 Å². The lowest BCUT2D eigenvalue weighted by molar-refractivity contribution is -0.139. The summed E-state index contributed by atoms with van der Waals surface area (Å²) in [5.74, 6) is -1.85. The van der Waals surface area contributed by atoms with Crippen LogP contribution >= 0.6 is 0 Å². The second-order valence-electron chi connectivity index (χ2n) is 4.01. The van der Waals surface area contributed by atoms with E-state index in [4.69, 9.17) is 9.52 Å². The Balaban J connectivity index is 2.86. The Morgan fingerprint density at radius 2 is 2.10 bits per heavy atom. The third kappa shape index (κ3) is 3.81. The maximum atomic E-state index is 11.8. The Bertz CT molecular complexity index is 592. The van der Waals surface area contributed by atoms with Crippen molar-refractivity contribution in [3.05, 3.63) is 17.9 Å². The number of nitrogens with one attached hydrogen (secondary N) is 2. The highest BCUT2D eigenvalue weighted by atomic mass is 32.2. The Labute approximate surface area is 116 Å². The molecule has 1 heterocycles. The molecule has 0 radical (unpaired) electrons. The molecule has 0 aromatic carbocycles. The number of carboxylic acid groups (broad SMARTS) is 1. The van der Waals surface area contributed by atoms with Crippen molar-refractivity contribution in [1.29, 1.82) is 0 Å². The van der Waals surface area contributed by atoms with Gasteiger partial charge in [0.15, 0.2) is 0 Å². The average Bonchev–Trinajstić information content (AvgIpc) is 2.88. The fraction of sp³-hybridized carbons (Fsp3) is 0.455. The van der Waals surface area contributed by atoms with E-state index >= 15 is 0 Å². The molecule has 1 unspecified atom stereocenters. The first-order valence-electron chi connectivity index (χ1n) is 5.87. The monoisotopic (exact) mass is 304 g/mol. The van der Waals surface area contributed by atoms with Crippen molar-refractivity contribution in [2.24, 2.45) is 0 Å². The van der Waals surface area contributed by atoms with Gasteiger partial charge in [-0.15, -0.1) is 0 Å². The standard InChI is InChI=1S/C11H16N2O6S/c1-3-4-8(11(15)16)13-10(14)7-5-9(19-6-7)20(17,18)12-2/h5-6,8,12H,3-4H2,1-2H3,(H,13,14)(H,15,16). The zero-order valence-corrected chi connectivity index (χ0v) is 11.9. The molecule has 0 saturated heterocycles. The first kappa shape index (κ1) is 16.2. The third-order valence-corrected chi connectivity index (χ3v) is 3.83. The summed E-state index contributed by atoms with van der Waals surface area (Å²) < 4.78 is 29.7. The molecule has 3 N–H and O–H groups in total. The number of rotatable bonds is 7. The zero-order chi connectivity index (χ0) is 15.3. The van der Waals surface area contributed by atoms with Gasteiger partial charge in [0, 0.05) is 6.07 Å². The summed E-state index contributed by atoms with van der Waals surface area (Å²) in [4.78, 5) is 22.7. The van der Waals surface area contributed by atoms with Gasteiger partial charge in [0.05, 0.1) is 5.56 Å². The molecule has 9 heteroatoms. The highest BCUT2D eigenvalue weighted by Gasteiger charge is 2.23. The molecule has 8 nitrogen and oxygen atoms in total. The van der Waals surface area contributed by atoms with Crippen molar-refractivity contribution in [1.82, 2.24) is 10.0 Å². The fourth-order valence-corrected chi connectivity index (χ4v) is 2.12. The predicted octanol–water partition coefficient (Wildman–Crippen LogP) is 0.171. The van der Waals surface area contributed by atoms with Gasteiger partial charge in [-0.1, -0.05) is 13.3 Å². The molecule has 1 rings (SSSR count).